The Morgan fingerprint density at radius 3 is 2.40 bits per heavy atom. The minimum absolute atomic E-state index is 0.481. The SMILES string of the molecule is CC(=O)C#CC(O)c1c(F)cccc1F. The van der Waals surface area contributed by atoms with E-state index in [4.69, 9.17) is 0 Å². The molecule has 0 spiro atoms. The summed E-state index contributed by atoms with van der Waals surface area (Å²) in [5, 5.41) is 9.33. The molecule has 1 unspecified atom stereocenters. The van der Waals surface area contributed by atoms with Crippen LogP contribution < -0.4 is 0 Å². The van der Waals surface area contributed by atoms with Gasteiger partial charge in [-0.15, -0.1) is 0 Å². The smallest absolute Gasteiger partial charge is 0.202 e. The maximum absolute atomic E-state index is 13.1. The molecule has 0 aliphatic heterocycles. The molecule has 0 bridgehead atoms. The van der Waals surface area contributed by atoms with Gasteiger partial charge in [0.15, 0.2) is 0 Å². The molecule has 0 saturated carbocycles. The van der Waals surface area contributed by atoms with Gasteiger partial charge in [0.25, 0.3) is 0 Å². The number of aliphatic hydroxyl groups excluding tert-OH is 1. The molecule has 1 N–H and O–H groups in total. The highest BCUT2D eigenvalue weighted by atomic mass is 19.1. The van der Waals surface area contributed by atoms with Crippen LogP contribution in [0.4, 0.5) is 8.78 Å². The lowest BCUT2D eigenvalue weighted by Gasteiger charge is -2.05. The van der Waals surface area contributed by atoms with Crippen LogP contribution in [0.2, 0.25) is 0 Å². The van der Waals surface area contributed by atoms with Crippen LogP contribution in [0.25, 0.3) is 0 Å². The lowest BCUT2D eigenvalue weighted by atomic mass is 10.1. The van der Waals surface area contributed by atoms with Gasteiger partial charge in [-0.3, -0.25) is 4.79 Å². The predicted octanol–water partition coefficient (Wildman–Crippen LogP) is 1.59. The van der Waals surface area contributed by atoms with Crippen LogP contribution in [-0.2, 0) is 4.79 Å². The maximum Gasteiger partial charge on any atom is 0.202 e. The molecule has 0 amide bonds. The van der Waals surface area contributed by atoms with Gasteiger partial charge >= 0.3 is 0 Å². The van der Waals surface area contributed by atoms with Crippen LogP contribution in [0.3, 0.4) is 0 Å². The summed E-state index contributed by atoms with van der Waals surface area (Å²) in [6.07, 6.45) is -1.63. The summed E-state index contributed by atoms with van der Waals surface area (Å²) in [4.78, 5) is 10.5. The molecular formula is C11H8F2O2. The molecule has 0 radical (unpaired) electrons. The zero-order valence-corrected chi connectivity index (χ0v) is 7.92. The predicted molar refractivity (Wildman–Crippen MR) is 49.8 cm³/mol. The van der Waals surface area contributed by atoms with E-state index in [0.29, 0.717) is 0 Å². The fourth-order valence-corrected chi connectivity index (χ4v) is 1.01. The van der Waals surface area contributed by atoms with Crippen LogP contribution in [0, 0.1) is 23.5 Å². The van der Waals surface area contributed by atoms with Gasteiger partial charge in [0, 0.05) is 6.92 Å². The number of ketones is 1. The van der Waals surface area contributed by atoms with E-state index in [1.165, 1.54) is 13.0 Å². The third-order valence-corrected chi connectivity index (χ3v) is 1.66. The summed E-state index contributed by atoms with van der Waals surface area (Å²) in [7, 11) is 0. The van der Waals surface area contributed by atoms with Crippen LogP contribution in [0.5, 0.6) is 0 Å². The van der Waals surface area contributed by atoms with Gasteiger partial charge in [-0.1, -0.05) is 12.0 Å². The lowest BCUT2D eigenvalue weighted by Crippen LogP contribution is -2.02. The lowest BCUT2D eigenvalue weighted by molar-refractivity contribution is -0.111. The summed E-state index contributed by atoms with van der Waals surface area (Å²) in [6, 6.07) is 3.20. The number of carbonyl (C=O) groups is 1. The van der Waals surface area contributed by atoms with E-state index >= 15 is 0 Å². The fraction of sp³-hybridized carbons (Fsp3) is 0.182. The third-order valence-electron chi connectivity index (χ3n) is 1.66. The molecule has 0 aliphatic carbocycles. The van der Waals surface area contributed by atoms with Crippen molar-refractivity contribution in [3.8, 4) is 11.8 Å². The van der Waals surface area contributed by atoms with Crippen LogP contribution in [-0.4, -0.2) is 10.9 Å². The summed E-state index contributed by atoms with van der Waals surface area (Å²) in [5.41, 5.74) is -0.536. The van der Waals surface area contributed by atoms with Crippen LogP contribution in [0.1, 0.15) is 18.6 Å². The normalized spacial score (nSPS) is 11.5. The van der Waals surface area contributed by atoms with E-state index < -0.39 is 29.1 Å². The Bertz CT molecular complexity index is 423. The second-order valence-corrected chi connectivity index (χ2v) is 2.86. The Morgan fingerprint density at radius 1 is 1.40 bits per heavy atom. The Hall–Kier alpha value is -1.73. The topological polar surface area (TPSA) is 37.3 Å². The van der Waals surface area contributed by atoms with E-state index in [2.05, 4.69) is 5.92 Å². The van der Waals surface area contributed by atoms with E-state index in [0.717, 1.165) is 12.1 Å². The summed E-state index contributed by atoms with van der Waals surface area (Å²) in [6.45, 7) is 1.19. The molecular weight excluding hydrogens is 202 g/mol. The molecule has 0 heterocycles. The number of hydrogen-bond acceptors (Lipinski definition) is 2. The van der Waals surface area contributed by atoms with E-state index in [-0.39, 0.29) is 0 Å². The molecule has 0 aliphatic rings. The average molecular weight is 210 g/mol. The highest BCUT2D eigenvalue weighted by Crippen LogP contribution is 2.19. The van der Waals surface area contributed by atoms with Gasteiger partial charge in [-0.2, -0.15) is 0 Å². The number of carbonyl (C=O) groups excluding carboxylic acids is 1. The van der Waals surface area contributed by atoms with E-state index in [1.54, 1.807) is 0 Å². The Labute approximate surface area is 85.5 Å². The fourth-order valence-electron chi connectivity index (χ4n) is 1.01. The Kier molecular flexibility index (Phi) is 3.53. The largest absolute Gasteiger partial charge is 0.376 e. The van der Waals surface area contributed by atoms with Crippen molar-refractivity contribution in [2.24, 2.45) is 0 Å². The number of aliphatic hydroxyl groups is 1. The van der Waals surface area contributed by atoms with Gasteiger partial charge in [0.1, 0.15) is 17.7 Å². The minimum Gasteiger partial charge on any atom is -0.376 e. The first kappa shape index (κ1) is 11.3. The van der Waals surface area contributed by atoms with Crippen molar-refractivity contribution in [3.63, 3.8) is 0 Å². The molecule has 1 aromatic rings. The van der Waals surface area contributed by atoms with Crippen molar-refractivity contribution in [3.05, 3.63) is 35.4 Å². The molecule has 0 aromatic heterocycles. The first-order chi connectivity index (χ1) is 7.02. The van der Waals surface area contributed by atoms with E-state index in [1.807, 2.05) is 5.92 Å². The molecule has 1 aromatic carbocycles. The first-order valence-corrected chi connectivity index (χ1v) is 4.16. The van der Waals surface area contributed by atoms with Crippen molar-refractivity contribution in [1.29, 1.82) is 0 Å². The molecule has 0 saturated heterocycles. The summed E-state index contributed by atoms with van der Waals surface area (Å²) in [5.74, 6) is 1.82. The van der Waals surface area contributed by atoms with Crippen molar-refractivity contribution >= 4 is 5.78 Å². The van der Waals surface area contributed by atoms with Gasteiger partial charge in [0.05, 0.1) is 5.56 Å². The van der Waals surface area contributed by atoms with Crippen LogP contribution >= 0.6 is 0 Å². The van der Waals surface area contributed by atoms with Gasteiger partial charge in [-0.05, 0) is 18.1 Å². The number of Topliss-reactive ketones (excluding diaryl/α,β-unsaturated/α-hetero) is 1. The maximum atomic E-state index is 13.1. The van der Waals surface area contributed by atoms with Gasteiger partial charge in [-0.25, -0.2) is 8.78 Å². The van der Waals surface area contributed by atoms with Crippen LogP contribution in [0.15, 0.2) is 18.2 Å². The minimum atomic E-state index is -1.63. The molecule has 1 rings (SSSR count). The Balaban J connectivity index is 3.07. The number of benzene rings is 1. The average Bonchev–Trinajstić information content (AvgIpc) is 2.14. The number of hydrogen-bond donors (Lipinski definition) is 1. The van der Waals surface area contributed by atoms with Gasteiger partial charge < -0.3 is 5.11 Å². The van der Waals surface area contributed by atoms with Crippen molar-refractivity contribution in [1.82, 2.24) is 0 Å². The molecule has 15 heavy (non-hydrogen) atoms. The second kappa shape index (κ2) is 4.67. The van der Waals surface area contributed by atoms with Crippen molar-refractivity contribution in [2.75, 3.05) is 0 Å². The zero-order chi connectivity index (χ0) is 11.4. The summed E-state index contributed by atoms with van der Waals surface area (Å²) >= 11 is 0. The monoisotopic (exact) mass is 210 g/mol. The summed E-state index contributed by atoms with van der Waals surface area (Å²) < 4.78 is 26.1. The van der Waals surface area contributed by atoms with Crippen molar-refractivity contribution < 1.29 is 18.7 Å². The van der Waals surface area contributed by atoms with E-state index in [9.17, 15) is 18.7 Å². The number of rotatable bonds is 1. The third kappa shape index (κ3) is 2.86. The number of halogens is 2. The highest BCUT2D eigenvalue weighted by molar-refractivity contribution is 5.93. The molecule has 4 heteroatoms. The molecule has 1 atom stereocenters. The van der Waals surface area contributed by atoms with Gasteiger partial charge in [0.2, 0.25) is 5.78 Å². The standard InChI is InChI=1S/C11H8F2O2/c1-7(14)5-6-10(15)11-8(12)3-2-4-9(11)13/h2-4,10,15H,1H3. The highest BCUT2D eigenvalue weighted by Gasteiger charge is 2.15. The van der Waals surface area contributed by atoms with Crippen molar-refractivity contribution in [2.45, 2.75) is 13.0 Å². The Morgan fingerprint density at radius 2 is 1.93 bits per heavy atom. The second-order valence-electron chi connectivity index (χ2n) is 2.86. The quantitative estimate of drug-likeness (QED) is 0.564. The first-order valence-electron chi connectivity index (χ1n) is 4.16. The molecule has 0 fully saturated rings. The molecule has 2 nitrogen and oxygen atoms in total. The molecule has 78 valence electrons. The zero-order valence-electron chi connectivity index (χ0n) is 7.92.